The Morgan fingerprint density at radius 1 is 1.33 bits per heavy atom. The van der Waals surface area contributed by atoms with Crippen LogP contribution in [0.2, 0.25) is 5.02 Å². The lowest BCUT2D eigenvalue weighted by molar-refractivity contribution is 0.0687. The van der Waals surface area contributed by atoms with Crippen molar-refractivity contribution in [2.45, 2.75) is 13.3 Å². The topological polar surface area (TPSA) is 79.3 Å². The Hall–Kier alpha value is -1.92. The van der Waals surface area contributed by atoms with Crippen LogP contribution in [0.1, 0.15) is 32.6 Å². The minimum atomic E-state index is -1.19. The molecule has 0 aliphatic carbocycles. The van der Waals surface area contributed by atoms with E-state index in [-0.39, 0.29) is 16.4 Å². The molecule has 2 aromatic rings. The van der Waals surface area contributed by atoms with Crippen LogP contribution in [0.3, 0.4) is 0 Å². The van der Waals surface area contributed by atoms with Crippen LogP contribution in [0, 0.1) is 0 Å². The van der Waals surface area contributed by atoms with Gasteiger partial charge in [-0.15, -0.1) is 0 Å². The molecular formula is C14H13ClN2O3S. The van der Waals surface area contributed by atoms with E-state index in [0.29, 0.717) is 16.7 Å². The van der Waals surface area contributed by atoms with Crippen LogP contribution in [-0.4, -0.2) is 28.4 Å². The van der Waals surface area contributed by atoms with Crippen LogP contribution in [-0.2, 0) is 6.42 Å². The number of aromatic carboxylic acids is 1. The van der Waals surface area contributed by atoms with Gasteiger partial charge in [0.15, 0.2) is 16.6 Å². The zero-order valence-electron chi connectivity index (χ0n) is 11.2. The van der Waals surface area contributed by atoms with Crippen LogP contribution in [0.25, 0.3) is 0 Å². The number of hydrogen-bond acceptors (Lipinski definition) is 5. The fourth-order valence-electron chi connectivity index (χ4n) is 1.74. The monoisotopic (exact) mass is 324 g/mol. The van der Waals surface area contributed by atoms with Crippen molar-refractivity contribution in [1.82, 2.24) is 4.98 Å². The van der Waals surface area contributed by atoms with Crippen molar-refractivity contribution in [3.05, 3.63) is 45.4 Å². The van der Waals surface area contributed by atoms with Crippen molar-refractivity contribution in [2.24, 2.45) is 0 Å². The first kappa shape index (κ1) is 15.5. The van der Waals surface area contributed by atoms with Crippen molar-refractivity contribution in [1.29, 1.82) is 0 Å². The van der Waals surface area contributed by atoms with Gasteiger partial charge in [-0.3, -0.25) is 4.79 Å². The third kappa shape index (κ3) is 4.03. The van der Waals surface area contributed by atoms with Crippen LogP contribution < -0.4 is 5.32 Å². The predicted octanol–water partition coefficient (Wildman–Crippen LogP) is 3.35. The lowest BCUT2D eigenvalue weighted by Gasteiger charge is -2.02. The van der Waals surface area contributed by atoms with E-state index in [0.717, 1.165) is 23.3 Å². The number of carboxylic acids is 1. The summed E-state index contributed by atoms with van der Waals surface area (Å²) in [5, 5.41) is 13.2. The molecule has 0 fully saturated rings. The summed E-state index contributed by atoms with van der Waals surface area (Å²) in [7, 11) is 0. The van der Waals surface area contributed by atoms with Gasteiger partial charge in [0.1, 0.15) is 4.88 Å². The van der Waals surface area contributed by atoms with E-state index in [4.69, 9.17) is 16.7 Å². The number of carbonyl (C=O) groups is 2. The molecule has 21 heavy (non-hydrogen) atoms. The quantitative estimate of drug-likeness (QED) is 0.796. The van der Waals surface area contributed by atoms with E-state index in [1.54, 1.807) is 0 Å². The molecule has 0 saturated carbocycles. The summed E-state index contributed by atoms with van der Waals surface area (Å²) in [5.74, 6) is -1.49. The average molecular weight is 325 g/mol. The lowest BCUT2D eigenvalue weighted by atomic mass is 10.1. The van der Waals surface area contributed by atoms with Crippen LogP contribution >= 0.6 is 22.9 Å². The third-order valence-corrected chi connectivity index (χ3v) is 4.12. The maximum Gasteiger partial charge on any atom is 0.356 e. The first-order valence-electron chi connectivity index (χ1n) is 6.20. The zero-order valence-corrected chi connectivity index (χ0v) is 12.8. The SMILES string of the molecule is CC(=O)c1sc(NCCc2ccc(Cl)cc2)nc1C(=O)O. The van der Waals surface area contributed by atoms with Gasteiger partial charge in [-0.25, -0.2) is 9.78 Å². The number of benzene rings is 1. The standard InChI is InChI=1S/C14H13ClN2O3S/c1-8(18)12-11(13(19)20)17-14(21-12)16-7-6-9-2-4-10(15)5-3-9/h2-5H,6-7H2,1H3,(H,16,17)(H,19,20). The van der Waals surface area contributed by atoms with Crippen LogP contribution in [0.5, 0.6) is 0 Å². The van der Waals surface area contributed by atoms with Gasteiger partial charge in [-0.05, 0) is 24.1 Å². The van der Waals surface area contributed by atoms with E-state index < -0.39 is 5.97 Å². The number of nitrogens with one attached hydrogen (secondary N) is 1. The molecule has 0 saturated heterocycles. The van der Waals surface area contributed by atoms with Gasteiger partial charge in [0, 0.05) is 18.5 Å². The lowest BCUT2D eigenvalue weighted by Crippen LogP contribution is -2.06. The highest BCUT2D eigenvalue weighted by molar-refractivity contribution is 7.17. The maximum absolute atomic E-state index is 11.4. The van der Waals surface area contributed by atoms with E-state index in [9.17, 15) is 9.59 Å². The van der Waals surface area contributed by atoms with Gasteiger partial charge < -0.3 is 10.4 Å². The summed E-state index contributed by atoms with van der Waals surface area (Å²) in [5.41, 5.74) is 0.912. The van der Waals surface area contributed by atoms with Crippen molar-refractivity contribution in [2.75, 3.05) is 11.9 Å². The number of nitrogens with zero attached hydrogens (tertiary/aromatic N) is 1. The molecule has 0 aliphatic heterocycles. The normalized spacial score (nSPS) is 10.4. The number of hydrogen-bond donors (Lipinski definition) is 2. The van der Waals surface area contributed by atoms with Gasteiger partial charge in [0.2, 0.25) is 0 Å². The summed E-state index contributed by atoms with van der Waals surface area (Å²) >= 11 is 6.87. The molecule has 0 unspecified atom stereocenters. The molecule has 1 aromatic carbocycles. The van der Waals surface area contributed by atoms with E-state index in [2.05, 4.69) is 10.3 Å². The van der Waals surface area contributed by atoms with Crippen molar-refractivity contribution in [3.63, 3.8) is 0 Å². The highest BCUT2D eigenvalue weighted by Crippen LogP contribution is 2.23. The second kappa shape index (κ2) is 6.69. The molecule has 0 aliphatic rings. The predicted molar refractivity (Wildman–Crippen MR) is 82.7 cm³/mol. The van der Waals surface area contributed by atoms with Crippen LogP contribution in [0.4, 0.5) is 5.13 Å². The van der Waals surface area contributed by atoms with Crippen molar-refractivity contribution < 1.29 is 14.7 Å². The number of rotatable bonds is 6. The molecule has 0 radical (unpaired) electrons. The Labute approximate surface area is 130 Å². The molecule has 1 heterocycles. The third-order valence-electron chi connectivity index (χ3n) is 2.75. The first-order chi connectivity index (χ1) is 9.97. The van der Waals surface area contributed by atoms with Gasteiger partial charge in [-0.1, -0.05) is 35.1 Å². The minimum Gasteiger partial charge on any atom is -0.476 e. The molecule has 0 bridgehead atoms. The number of halogens is 1. The molecule has 5 nitrogen and oxygen atoms in total. The van der Waals surface area contributed by atoms with Gasteiger partial charge in [-0.2, -0.15) is 0 Å². The smallest absolute Gasteiger partial charge is 0.356 e. The number of thiazole rings is 1. The second-order valence-corrected chi connectivity index (χ2v) is 5.80. The number of ketones is 1. The summed E-state index contributed by atoms with van der Waals surface area (Å²) in [6.07, 6.45) is 0.745. The number of Topliss-reactive ketones (excluding diaryl/α,β-unsaturated/α-hetero) is 1. The molecule has 0 spiro atoms. The first-order valence-corrected chi connectivity index (χ1v) is 7.40. The Kier molecular flexibility index (Phi) is 4.93. The molecular weight excluding hydrogens is 312 g/mol. The molecule has 1 aromatic heterocycles. The zero-order chi connectivity index (χ0) is 15.4. The average Bonchev–Trinajstić information content (AvgIpc) is 2.86. The van der Waals surface area contributed by atoms with E-state index in [1.165, 1.54) is 6.92 Å². The minimum absolute atomic E-state index is 0.163. The Morgan fingerprint density at radius 2 is 2.00 bits per heavy atom. The van der Waals surface area contributed by atoms with Crippen molar-refractivity contribution >= 4 is 39.8 Å². The van der Waals surface area contributed by atoms with Gasteiger partial charge in [0.05, 0.1) is 0 Å². The second-order valence-electron chi connectivity index (χ2n) is 4.36. The Balaban J connectivity index is 2.00. The summed E-state index contributed by atoms with van der Waals surface area (Å²) in [6.45, 7) is 1.92. The maximum atomic E-state index is 11.4. The number of anilines is 1. The van der Waals surface area contributed by atoms with E-state index >= 15 is 0 Å². The number of carboxylic acid groups (broad SMARTS) is 1. The molecule has 0 atom stereocenters. The largest absolute Gasteiger partial charge is 0.476 e. The summed E-state index contributed by atoms with van der Waals surface area (Å²) in [6, 6.07) is 7.48. The van der Waals surface area contributed by atoms with E-state index in [1.807, 2.05) is 24.3 Å². The Bertz CT molecular complexity index is 636. The van der Waals surface area contributed by atoms with Gasteiger partial charge in [0.25, 0.3) is 0 Å². The summed E-state index contributed by atoms with van der Waals surface area (Å²) < 4.78 is 0. The summed E-state index contributed by atoms with van der Waals surface area (Å²) in [4.78, 5) is 26.5. The molecule has 110 valence electrons. The fraction of sp³-hybridized carbons (Fsp3) is 0.214. The molecule has 2 N–H and O–H groups in total. The molecule has 2 rings (SSSR count). The van der Waals surface area contributed by atoms with Crippen LogP contribution in [0.15, 0.2) is 24.3 Å². The highest BCUT2D eigenvalue weighted by atomic mass is 35.5. The number of aromatic nitrogens is 1. The van der Waals surface area contributed by atoms with Crippen molar-refractivity contribution in [3.8, 4) is 0 Å². The van der Waals surface area contributed by atoms with Gasteiger partial charge >= 0.3 is 5.97 Å². The Morgan fingerprint density at radius 3 is 2.52 bits per heavy atom. The highest BCUT2D eigenvalue weighted by Gasteiger charge is 2.20. The molecule has 7 heteroatoms. The fourth-order valence-corrected chi connectivity index (χ4v) is 2.75. The number of carbonyl (C=O) groups excluding carboxylic acids is 1. The molecule has 0 amide bonds.